The summed E-state index contributed by atoms with van der Waals surface area (Å²) in [5.41, 5.74) is 1.91. The highest BCUT2D eigenvalue weighted by atomic mass is 32.2. The molecule has 2 aromatic rings. The van der Waals surface area contributed by atoms with E-state index in [4.69, 9.17) is 32.3 Å². The molecule has 2 aromatic carbocycles. The number of hydrogen-bond donors (Lipinski definition) is 0. The van der Waals surface area contributed by atoms with Gasteiger partial charge >= 0.3 is 0 Å². The Morgan fingerprint density at radius 3 is 1.98 bits per heavy atom. The van der Waals surface area contributed by atoms with E-state index in [1.807, 2.05) is 44.2 Å². The third kappa shape index (κ3) is 11.2. The third-order valence-corrected chi connectivity index (χ3v) is 13.1. The Labute approximate surface area is 247 Å². The van der Waals surface area contributed by atoms with E-state index in [1.54, 1.807) is 12.1 Å². The molecule has 0 radical (unpaired) electrons. The molecule has 0 heterocycles. The lowest BCUT2D eigenvalue weighted by Crippen LogP contribution is -2.54. The Morgan fingerprint density at radius 1 is 0.829 bits per heavy atom. The molecular weight excluding hydrogens is 564 g/mol. The average Bonchev–Trinajstić information content (AvgIpc) is 2.91. The molecule has 0 aliphatic carbocycles. The van der Waals surface area contributed by atoms with Crippen molar-refractivity contribution in [3.63, 3.8) is 0 Å². The van der Waals surface area contributed by atoms with E-state index in [9.17, 15) is 8.42 Å². The zero-order chi connectivity index (χ0) is 30.7. The monoisotopic (exact) mass is 612 g/mol. The molecule has 232 valence electrons. The van der Waals surface area contributed by atoms with Gasteiger partial charge in [-0.15, -0.1) is 0 Å². The topological polar surface area (TPSA) is 98.8 Å². The summed E-state index contributed by atoms with van der Waals surface area (Å²) in [7, 11) is -3.31. The van der Waals surface area contributed by atoms with Gasteiger partial charge in [0, 0.05) is 14.2 Å². The molecule has 0 saturated carbocycles. The van der Waals surface area contributed by atoms with Gasteiger partial charge in [-0.1, -0.05) is 68.8 Å². The van der Waals surface area contributed by atoms with Crippen LogP contribution >= 0.6 is 0 Å². The fourth-order valence-electron chi connectivity index (χ4n) is 3.86. The molecule has 4 atom stereocenters. The van der Waals surface area contributed by atoms with E-state index in [-0.39, 0.29) is 36.7 Å². The maximum absolute atomic E-state index is 13.0. The smallest absolute Gasteiger partial charge is 0.297 e. The zero-order valence-electron chi connectivity index (χ0n) is 25.9. The fourth-order valence-corrected chi connectivity index (χ4v) is 6.19. The Morgan fingerprint density at radius 2 is 1.41 bits per heavy atom. The molecule has 0 aliphatic rings. The summed E-state index contributed by atoms with van der Waals surface area (Å²) in [4.78, 5) is 0.0504. The first-order valence-corrected chi connectivity index (χ1v) is 18.0. The minimum absolute atomic E-state index is 0.0503. The van der Waals surface area contributed by atoms with E-state index in [0.29, 0.717) is 0 Å². The first kappa shape index (κ1) is 35.5. The SMILES string of the molecule is COCO[C@@H]([C@@H](OCc1ccccc1)[C@@H](C)O[Si](C)(C)C(C)(C)C)[C@H](COS(=O)(=O)c1ccc(C)cc1)OCOC. The van der Waals surface area contributed by atoms with Crippen molar-refractivity contribution < 1.29 is 40.7 Å². The standard InChI is InChI=1S/C30H48O9SSi/c1-23-15-17-26(18-16-23)40(31,32)38-20-27(36-21-33-6)29(37-22-34-7)28(35-19-25-13-11-10-12-14-25)24(2)39-41(8,9)30(3,4)5/h10-18,24,27-29H,19-22H2,1-9H3/t24-,27+,28+,29-/m1/s1. The minimum atomic E-state index is -4.07. The van der Waals surface area contributed by atoms with Crippen LogP contribution in [0.15, 0.2) is 59.5 Å². The first-order chi connectivity index (χ1) is 19.2. The lowest BCUT2D eigenvalue weighted by molar-refractivity contribution is -0.214. The molecule has 2 rings (SSSR count). The minimum Gasteiger partial charge on any atom is -0.411 e. The summed E-state index contributed by atoms with van der Waals surface area (Å²) in [6.07, 6.45) is -2.85. The van der Waals surface area contributed by atoms with Gasteiger partial charge in [-0.3, -0.25) is 4.18 Å². The normalized spacial score (nSPS) is 15.8. The fraction of sp³-hybridized carbons (Fsp3) is 0.600. The van der Waals surface area contributed by atoms with Gasteiger partial charge in [0.15, 0.2) is 8.32 Å². The molecule has 0 bridgehead atoms. The highest BCUT2D eigenvalue weighted by molar-refractivity contribution is 7.86. The zero-order valence-corrected chi connectivity index (χ0v) is 27.7. The van der Waals surface area contributed by atoms with Gasteiger partial charge in [0.25, 0.3) is 10.1 Å². The lowest BCUT2D eigenvalue weighted by Gasteiger charge is -2.42. The molecule has 11 heteroatoms. The number of rotatable bonds is 18. The van der Waals surface area contributed by atoms with E-state index in [0.717, 1.165) is 11.1 Å². The van der Waals surface area contributed by atoms with Gasteiger partial charge in [0.2, 0.25) is 0 Å². The molecule has 0 unspecified atom stereocenters. The molecule has 0 fully saturated rings. The Bertz CT molecular complexity index is 1120. The Hall–Kier alpha value is -1.67. The van der Waals surface area contributed by atoms with Gasteiger partial charge in [-0.05, 0) is 49.7 Å². The number of ether oxygens (including phenoxy) is 5. The van der Waals surface area contributed by atoms with Gasteiger partial charge in [0.1, 0.15) is 31.9 Å². The highest BCUT2D eigenvalue weighted by Gasteiger charge is 2.43. The van der Waals surface area contributed by atoms with Crippen molar-refractivity contribution in [3.8, 4) is 0 Å². The predicted octanol–water partition coefficient (Wildman–Crippen LogP) is 5.67. The van der Waals surface area contributed by atoms with Crippen LogP contribution in [0, 0.1) is 6.92 Å². The van der Waals surface area contributed by atoms with Gasteiger partial charge in [-0.25, -0.2) is 0 Å². The van der Waals surface area contributed by atoms with Crippen LogP contribution < -0.4 is 0 Å². The maximum Gasteiger partial charge on any atom is 0.297 e. The molecule has 0 aliphatic heterocycles. The molecule has 0 N–H and O–H groups in total. The molecule has 9 nitrogen and oxygen atoms in total. The summed E-state index contributed by atoms with van der Waals surface area (Å²) in [6.45, 7) is 14.4. The number of methoxy groups -OCH3 is 2. The van der Waals surface area contributed by atoms with Crippen LogP contribution in [0.2, 0.25) is 18.1 Å². The summed E-state index contributed by atoms with van der Waals surface area (Å²) in [6, 6.07) is 16.2. The lowest BCUT2D eigenvalue weighted by atomic mass is 10.0. The van der Waals surface area contributed by atoms with Crippen LogP contribution in [0.25, 0.3) is 0 Å². The summed E-state index contributed by atoms with van der Waals surface area (Å²) in [5, 5.41) is -0.0503. The van der Waals surface area contributed by atoms with Crippen molar-refractivity contribution in [2.75, 3.05) is 34.4 Å². The van der Waals surface area contributed by atoms with Crippen LogP contribution in [0.3, 0.4) is 0 Å². The quantitative estimate of drug-likeness (QED) is 0.120. The van der Waals surface area contributed by atoms with Crippen LogP contribution in [-0.4, -0.2) is 75.6 Å². The maximum atomic E-state index is 13.0. The van der Waals surface area contributed by atoms with Crippen LogP contribution in [0.5, 0.6) is 0 Å². The Balaban J connectivity index is 2.43. The van der Waals surface area contributed by atoms with Crippen molar-refractivity contribution in [2.45, 2.75) is 88.7 Å². The molecule has 0 amide bonds. The van der Waals surface area contributed by atoms with Crippen LogP contribution in [0.4, 0.5) is 0 Å². The molecule has 0 spiro atoms. The molecule has 0 saturated heterocycles. The highest BCUT2D eigenvalue weighted by Crippen LogP contribution is 2.38. The number of benzene rings is 2. The van der Waals surface area contributed by atoms with Crippen molar-refractivity contribution >= 4 is 18.4 Å². The summed E-state index contributed by atoms with van der Waals surface area (Å²) < 4.78 is 67.4. The molecule has 0 aromatic heterocycles. The third-order valence-electron chi connectivity index (χ3n) is 7.20. The van der Waals surface area contributed by atoms with Gasteiger partial charge < -0.3 is 28.1 Å². The number of aryl methyl sites for hydroxylation is 1. The summed E-state index contributed by atoms with van der Waals surface area (Å²) >= 11 is 0. The van der Waals surface area contributed by atoms with E-state index in [1.165, 1.54) is 26.4 Å². The van der Waals surface area contributed by atoms with Crippen molar-refractivity contribution in [1.29, 1.82) is 0 Å². The first-order valence-electron chi connectivity index (χ1n) is 13.7. The van der Waals surface area contributed by atoms with Gasteiger partial charge in [0.05, 0.1) is 24.2 Å². The van der Waals surface area contributed by atoms with E-state index in [2.05, 4.69) is 33.9 Å². The van der Waals surface area contributed by atoms with Crippen molar-refractivity contribution in [3.05, 3.63) is 65.7 Å². The molecule has 41 heavy (non-hydrogen) atoms. The summed E-state index contributed by atoms with van der Waals surface area (Å²) in [5.74, 6) is 0. The van der Waals surface area contributed by atoms with E-state index >= 15 is 0 Å². The van der Waals surface area contributed by atoms with Gasteiger partial charge in [-0.2, -0.15) is 8.42 Å². The molecular formula is C30H48O9SSi. The van der Waals surface area contributed by atoms with Crippen molar-refractivity contribution in [2.24, 2.45) is 0 Å². The van der Waals surface area contributed by atoms with Crippen LogP contribution in [0.1, 0.15) is 38.8 Å². The predicted molar refractivity (Wildman–Crippen MR) is 161 cm³/mol. The van der Waals surface area contributed by atoms with Crippen molar-refractivity contribution in [1.82, 2.24) is 0 Å². The second-order valence-electron chi connectivity index (χ2n) is 11.5. The second kappa shape index (κ2) is 16.2. The number of hydrogen-bond acceptors (Lipinski definition) is 9. The largest absolute Gasteiger partial charge is 0.411 e. The second-order valence-corrected chi connectivity index (χ2v) is 17.9. The van der Waals surface area contributed by atoms with Crippen LogP contribution in [-0.2, 0) is 49.0 Å². The van der Waals surface area contributed by atoms with E-state index < -0.39 is 42.9 Å². The Kier molecular flexibility index (Phi) is 14.1. The average molecular weight is 613 g/mol.